The second kappa shape index (κ2) is 4.91. The maximum absolute atomic E-state index is 5.65. The van der Waals surface area contributed by atoms with Gasteiger partial charge in [-0.1, -0.05) is 13.8 Å². The molecule has 0 aromatic heterocycles. The Hall–Kier alpha value is -0.150. The lowest BCUT2D eigenvalue weighted by Gasteiger charge is -2.09. The molecule has 0 bridgehead atoms. The van der Waals surface area contributed by atoms with Crippen molar-refractivity contribution in [3.05, 3.63) is 22.7 Å². The summed E-state index contributed by atoms with van der Waals surface area (Å²) in [5, 5.41) is 0.653. The molecule has 3 heteroatoms. The molecule has 1 aromatic carbocycles. The van der Waals surface area contributed by atoms with Gasteiger partial charge in [-0.25, -0.2) is 0 Å². The molecule has 1 aromatic rings. The van der Waals surface area contributed by atoms with Gasteiger partial charge in [0.15, 0.2) is 0 Å². The van der Waals surface area contributed by atoms with E-state index in [9.17, 15) is 0 Å². The Morgan fingerprint density at radius 3 is 2.77 bits per heavy atom. The molecule has 0 saturated heterocycles. The molecule has 0 heterocycles. The molecule has 0 aliphatic heterocycles. The van der Waals surface area contributed by atoms with Crippen LogP contribution >= 0.6 is 27.7 Å². The monoisotopic (exact) mass is 259 g/mol. The van der Waals surface area contributed by atoms with Gasteiger partial charge in [0.25, 0.3) is 0 Å². The maximum atomic E-state index is 5.65. The Kier molecular flexibility index (Phi) is 4.13. The Morgan fingerprint density at radius 2 is 2.23 bits per heavy atom. The van der Waals surface area contributed by atoms with Crippen LogP contribution in [0.2, 0.25) is 0 Å². The van der Waals surface area contributed by atoms with E-state index in [1.54, 1.807) is 0 Å². The van der Waals surface area contributed by atoms with Gasteiger partial charge in [0.05, 0.1) is 0 Å². The van der Waals surface area contributed by atoms with Crippen molar-refractivity contribution in [2.75, 3.05) is 5.73 Å². The van der Waals surface area contributed by atoms with E-state index in [1.807, 2.05) is 23.9 Å². The zero-order valence-electron chi connectivity index (χ0n) is 7.88. The molecule has 0 saturated carbocycles. The highest BCUT2D eigenvalue weighted by molar-refractivity contribution is 9.10. The standard InChI is InChI=1S/C10H14BrNS/c1-3-7(2)13-10-5-4-8(12)6-9(10)11/h4-7H,3,12H2,1-2H3. The second-order valence-corrected chi connectivity index (χ2v) is 5.36. The van der Waals surface area contributed by atoms with E-state index in [-0.39, 0.29) is 0 Å². The van der Waals surface area contributed by atoms with Crippen molar-refractivity contribution >= 4 is 33.4 Å². The summed E-state index contributed by atoms with van der Waals surface area (Å²) >= 11 is 5.38. The molecule has 0 amide bonds. The third kappa shape index (κ3) is 3.24. The quantitative estimate of drug-likeness (QED) is 0.658. The van der Waals surface area contributed by atoms with Crippen molar-refractivity contribution in [3.63, 3.8) is 0 Å². The molecule has 72 valence electrons. The van der Waals surface area contributed by atoms with Crippen LogP contribution in [0.1, 0.15) is 20.3 Å². The molecule has 1 rings (SSSR count). The first-order valence-electron chi connectivity index (χ1n) is 4.35. The average Bonchev–Trinajstić information content (AvgIpc) is 2.09. The molecule has 0 aliphatic rings. The zero-order chi connectivity index (χ0) is 9.84. The van der Waals surface area contributed by atoms with Gasteiger partial charge in [-0.2, -0.15) is 0 Å². The average molecular weight is 260 g/mol. The van der Waals surface area contributed by atoms with E-state index in [0.717, 1.165) is 10.2 Å². The summed E-state index contributed by atoms with van der Waals surface area (Å²) in [4.78, 5) is 1.27. The van der Waals surface area contributed by atoms with Gasteiger partial charge < -0.3 is 5.73 Å². The minimum absolute atomic E-state index is 0.653. The van der Waals surface area contributed by atoms with Crippen LogP contribution in [0, 0.1) is 0 Å². The van der Waals surface area contributed by atoms with Crippen LogP contribution in [0.4, 0.5) is 5.69 Å². The largest absolute Gasteiger partial charge is 0.399 e. The van der Waals surface area contributed by atoms with Crippen LogP contribution in [0.5, 0.6) is 0 Å². The maximum Gasteiger partial charge on any atom is 0.0331 e. The summed E-state index contributed by atoms with van der Waals surface area (Å²) in [6.07, 6.45) is 1.18. The summed E-state index contributed by atoms with van der Waals surface area (Å²) in [6.45, 7) is 4.43. The van der Waals surface area contributed by atoms with E-state index in [1.165, 1.54) is 11.3 Å². The highest BCUT2D eigenvalue weighted by Gasteiger charge is 2.05. The number of halogens is 1. The van der Waals surface area contributed by atoms with Gasteiger partial charge in [-0.15, -0.1) is 11.8 Å². The number of nitrogen functional groups attached to an aromatic ring is 1. The highest BCUT2D eigenvalue weighted by Crippen LogP contribution is 2.32. The molecule has 1 atom stereocenters. The number of anilines is 1. The summed E-state index contributed by atoms with van der Waals surface area (Å²) in [6, 6.07) is 5.95. The number of hydrogen-bond donors (Lipinski definition) is 1. The third-order valence-corrected chi connectivity index (χ3v) is 4.12. The Morgan fingerprint density at radius 1 is 1.54 bits per heavy atom. The number of nitrogens with two attached hydrogens (primary N) is 1. The van der Waals surface area contributed by atoms with E-state index in [2.05, 4.69) is 35.8 Å². The SMILES string of the molecule is CCC(C)Sc1ccc(N)cc1Br. The number of thioether (sulfide) groups is 1. The summed E-state index contributed by atoms with van der Waals surface area (Å²) in [5.41, 5.74) is 6.46. The molecule has 0 aliphatic carbocycles. The lowest BCUT2D eigenvalue weighted by Crippen LogP contribution is -1.93. The number of hydrogen-bond acceptors (Lipinski definition) is 2. The van der Waals surface area contributed by atoms with Crippen LogP contribution in [0.15, 0.2) is 27.6 Å². The molecular weight excluding hydrogens is 246 g/mol. The van der Waals surface area contributed by atoms with Gasteiger partial charge in [0, 0.05) is 20.3 Å². The van der Waals surface area contributed by atoms with Crippen LogP contribution < -0.4 is 5.73 Å². The molecule has 0 radical (unpaired) electrons. The lowest BCUT2D eigenvalue weighted by atomic mass is 10.3. The second-order valence-electron chi connectivity index (χ2n) is 3.03. The van der Waals surface area contributed by atoms with Gasteiger partial charge in [-0.3, -0.25) is 0 Å². The fraction of sp³-hybridized carbons (Fsp3) is 0.400. The van der Waals surface area contributed by atoms with Gasteiger partial charge in [0.1, 0.15) is 0 Å². The van der Waals surface area contributed by atoms with Crippen molar-refractivity contribution < 1.29 is 0 Å². The van der Waals surface area contributed by atoms with Crippen molar-refractivity contribution in [3.8, 4) is 0 Å². The van der Waals surface area contributed by atoms with Crippen molar-refractivity contribution in [1.82, 2.24) is 0 Å². The first-order valence-corrected chi connectivity index (χ1v) is 6.02. The topological polar surface area (TPSA) is 26.0 Å². The predicted octanol–water partition coefficient (Wildman–Crippen LogP) is 3.92. The molecular formula is C10H14BrNS. The minimum Gasteiger partial charge on any atom is -0.399 e. The van der Waals surface area contributed by atoms with E-state index >= 15 is 0 Å². The van der Waals surface area contributed by atoms with Crippen LogP contribution in [0.25, 0.3) is 0 Å². The van der Waals surface area contributed by atoms with Crippen molar-refractivity contribution in [2.24, 2.45) is 0 Å². The molecule has 1 unspecified atom stereocenters. The number of benzene rings is 1. The summed E-state index contributed by atoms with van der Waals surface area (Å²) in [5.74, 6) is 0. The van der Waals surface area contributed by atoms with E-state index in [0.29, 0.717) is 5.25 Å². The Labute approximate surface area is 92.2 Å². The first-order chi connectivity index (χ1) is 6.13. The molecule has 0 spiro atoms. The normalized spacial score (nSPS) is 12.8. The fourth-order valence-electron chi connectivity index (χ4n) is 0.913. The summed E-state index contributed by atoms with van der Waals surface area (Å²) < 4.78 is 1.10. The predicted molar refractivity (Wildman–Crippen MR) is 64.2 cm³/mol. The number of rotatable bonds is 3. The zero-order valence-corrected chi connectivity index (χ0v) is 10.3. The van der Waals surface area contributed by atoms with Crippen LogP contribution in [0.3, 0.4) is 0 Å². The molecule has 13 heavy (non-hydrogen) atoms. The molecule has 2 N–H and O–H groups in total. The van der Waals surface area contributed by atoms with E-state index in [4.69, 9.17) is 5.73 Å². The molecule has 0 fully saturated rings. The van der Waals surface area contributed by atoms with Gasteiger partial charge in [-0.05, 0) is 40.5 Å². The highest BCUT2D eigenvalue weighted by atomic mass is 79.9. The first kappa shape index (κ1) is 10.9. The third-order valence-electron chi connectivity index (χ3n) is 1.86. The van der Waals surface area contributed by atoms with Crippen molar-refractivity contribution in [1.29, 1.82) is 0 Å². The Bertz CT molecular complexity index is 288. The Balaban J connectivity index is 2.77. The molecule has 1 nitrogen and oxygen atoms in total. The fourth-order valence-corrected chi connectivity index (χ4v) is 2.51. The minimum atomic E-state index is 0.653. The van der Waals surface area contributed by atoms with Gasteiger partial charge in [0.2, 0.25) is 0 Å². The van der Waals surface area contributed by atoms with E-state index < -0.39 is 0 Å². The van der Waals surface area contributed by atoms with Gasteiger partial charge >= 0.3 is 0 Å². The smallest absolute Gasteiger partial charge is 0.0331 e. The lowest BCUT2D eigenvalue weighted by molar-refractivity contribution is 0.905. The van der Waals surface area contributed by atoms with Crippen molar-refractivity contribution in [2.45, 2.75) is 30.4 Å². The summed E-state index contributed by atoms with van der Waals surface area (Å²) in [7, 11) is 0. The van der Waals surface area contributed by atoms with Crippen LogP contribution in [-0.2, 0) is 0 Å². The van der Waals surface area contributed by atoms with Crippen LogP contribution in [-0.4, -0.2) is 5.25 Å².